The van der Waals surface area contributed by atoms with E-state index in [1.165, 1.54) is 25.7 Å². The van der Waals surface area contributed by atoms with Crippen LogP contribution in [-0.4, -0.2) is 18.6 Å². The third kappa shape index (κ3) is 5.56. The molecule has 1 aromatic carbocycles. The monoisotopic (exact) mass is 317 g/mol. The van der Waals surface area contributed by atoms with Crippen LogP contribution < -0.4 is 10.1 Å². The quantitative estimate of drug-likeness (QED) is 0.830. The van der Waals surface area contributed by atoms with Crippen molar-refractivity contribution in [2.45, 2.75) is 77.7 Å². The van der Waals surface area contributed by atoms with E-state index in [9.17, 15) is 4.79 Å². The molecule has 0 bridgehead atoms. The van der Waals surface area contributed by atoms with Crippen molar-refractivity contribution in [3.63, 3.8) is 0 Å². The van der Waals surface area contributed by atoms with Crippen LogP contribution in [0.2, 0.25) is 0 Å². The molecule has 0 radical (unpaired) electrons. The lowest BCUT2D eigenvalue weighted by Gasteiger charge is -2.23. The number of hydrogen-bond acceptors (Lipinski definition) is 2. The molecule has 0 aliphatic heterocycles. The maximum Gasteiger partial charge on any atom is 0.258 e. The summed E-state index contributed by atoms with van der Waals surface area (Å²) < 4.78 is 5.87. The molecule has 23 heavy (non-hydrogen) atoms. The van der Waals surface area contributed by atoms with Crippen LogP contribution in [0.25, 0.3) is 0 Å². The van der Waals surface area contributed by atoms with Gasteiger partial charge >= 0.3 is 0 Å². The fraction of sp³-hybridized carbons (Fsp3) is 0.650. The number of benzene rings is 1. The molecule has 3 nitrogen and oxygen atoms in total. The second kappa shape index (κ2) is 7.85. The van der Waals surface area contributed by atoms with Crippen molar-refractivity contribution in [3.8, 4) is 5.75 Å². The molecule has 1 N–H and O–H groups in total. The maximum atomic E-state index is 12.2. The summed E-state index contributed by atoms with van der Waals surface area (Å²) in [6.07, 6.45) is 7.23. The molecule has 0 atom stereocenters. The Morgan fingerprint density at radius 3 is 2.43 bits per heavy atom. The van der Waals surface area contributed by atoms with E-state index in [1.54, 1.807) is 0 Å². The maximum absolute atomic E-state index is 12.2. The van der Waals surface area contributed by atoms with Gasteiger partial charge in [-0.25, -0.2) is 0 Å². The van der Waals surface area contributed by atoms with Gasteiger partial charge in [-0.2, -0.15) is 0 Å². The minimum atomic E-state index is -0.00161. The zero-order chi connectivity index (χ0) is 16.9. The van der Waals surface area contributed by atoms with E-state index in [-0.39, 0.29) is 17.9 Å². The Morgan fingerprint density at radius 1 is 1.17 bits per heavy atom. The molecule has 0 saturated heterocycles. The molecule has 1 aliphatic rings. The van der Waals surface area contributed by atoms with E-state index in [1.807, 2.05) is 13.0 Å². The van der Waals surface area contributed by atoms with Crippen LogP contribution in [0.15, 0.2) is 18.2 Å². The molecule has 1 saturated carbocycles. The van der Waals surface area contributed by atoms with Crippen molar-refractivity contribution < 1.29 is 9.53 Å². The highest BCUT2D eigenvalue weighted by Gasteiger charge is 2.20. The predicted molar refractivity (Wildman–Crippen MR) is 95.0 cm³/mol. The topological polar surface area (TPSA) is 38.3 Å². The van der Waals surface area contributed by atoms with Gasteiger partial charge in [0.1, 0.15) is 5.75 Å². The number of ether oxygens (including phenoxy) is 1. The number of carbonyl (C=O) groups excluding carboxylic acids is 1. The SMILES string of the molecule is Cc1ccc(C(C)(C)C)c(OCC(=O)NC2CCCCCC2)c1. The fourth-order valence-corrected chi connectivity index (χ4v) is 3.20. The van der Waals surface area contributed by atoms with Crippen LogP contribution in [0.3, 0.4) is 0 Å². The van der Waals surface area contributed by atoms with E-state index in [4.69, 9.17) is 4.74 Å². The van der Waals surface area contributed by atoms with Crippen LogP contribution in [0.4, 0.5) is 0 Å². The first kappa shape index (κ1) is 17.8. The van der Waals surface area contributed by atoms with Crippen LogP contribution >= 0.6 is 0 Å². The van der Waals surface area contributed by atoms with E-state index in [0.717, 1.165) is 29.7 Å². The summed E-state index contributed by atoms with van der Waals surface area (Å²) in [6.45, 7) is 8.64. The lowest BCUT2D eigenvalue weighted by atomic mass is 9.86. The highest BCUT2D eigenvalue weighted by molar-refractivity contribution is 5.77. The Balaban J connectivity index is 1.94. The Kier molecular flexibility index (Phi) is 6.09. The molecule has 0 unspecified atom stereocenters. The number of aryl methyl sites for hydroxylation is 1. The van der Waals surface area contributed by atoms with E-state index < -0.39 is 0 Å². The zero-order valence-corrected chi connectivity index (χ0v) is 15.1. The van der Waals surface area contributed by atoms with Gasteiger partial charge < -0.3 is 10.1 Å². The molecular formula is C20H31NO2. The Morgan fingerprint density at radius 2 is 1.83 bits per heavy atom. The first-order chi connectivity index (χ1) is 10.9. The average molecular weight is 317 g/mol. The smallest absolute Gasteiger partial charge is 0.258 e. The van der Waals surface area contributed by atoms with Gasteiger partial charge in [-0.3, -0.25) is 4.79 Å². The van der Waals surface area contributed by atoms with E-state index in [2.05, 4.69) is 38.2 Å². The van der Waals surface area contributed by atoms with Crippen molar-refractivity contribution in [2.75, 3.05) is 6.61 Å². The molecule has 1 fully saturated rings. The minimum absolute atomic E-state index is 0.000790. The first-order valence-electron chi connectivity index (χ1n) is 8.89. The fourth-order valence-electron chi connectivity index (χ4n) is 3.20. The number of nitrogens with one attached hydrogen (secondary N) is 1. The van der Waals surface area contributed by atoms with Gasteiger partial charge in [0, 0.05) is 6.04 Å². The molecule has 0 aromatic heterocycles. The van der Waals surface area contributed by atoms with Crippen LogP contribution in [0.5, 0.6) is 5.75 Å². The number of rotatable bonds is 4. The molecule has 3 heteroatoms. The largest absolute Gasteiger partial charge is 0.483 e. The summed E-state index contributed by atoms with van der Waals surface area (Å²) in [7, 11) is 0. The van der Waals surface area contributed by atoms with Gasteiger partial charge in [-0.1, -0.05) is 58.6 Å². The molecule has 2 rings (SSSR count). The molecule has 0 spiro atoms. The number of amides is 1. The van der Waals surface area contributed by atoms with Crippen molar-refractivity contribution in [3.05, 3.63) is 29.3 Å². The summed E-state index contributed by atoms with van der Waals surface area (Å²) in [5.41, 5.74) is 2.29. The summed E-state index contributed by atoms with van der Waals surface area (Å²) in [4.78, 5) is 12.2. The van der Waals surface area contributed by atoms with Crippen LogP contribution in [0, 0.1) is 6.92 Å². The minimum Gasteiger partial charge on any atom is -0.483 e. The second-order valence-corrected chi connectivity index (χ2v) is 7.79. The lowest BCUT2D eigenvalue weighted by molar-refractivity contribution is -0.123. The molecule has 1 amide bonds. The Labute approximate surface area is 140 Å². The molecule has 1 aliphatic carbocycles. The van der Waals surface area contributed by atoms with E-state index >= 15 is 0 Å². The van der Waals surface area contributed by atoms with Gasteiger partial charge in [0.15, 0.2) is 6.61 Å². The molecule has 0 heterocycles. The van der Waals surface area contributed by atoms with Crippen molar-refractivity contribution in [1.82, 2.24) is 5.32 Å². The van der Waals surface area contributed by atoms with Gasteiger partial charge in [-0.05, 0) is 42.4 Å². The summed E-state index contributed by atoms with van der Waals surface area (Å²) in [6, 6.07) is 6.56. The summed E-state index contributed by atoms with van der Waals surface area (Å²) in [5, 5.41) is 3.14. The van der Waals surface area contributed by atoms with E-state index in [0.29, 0.717) is 6.04 Å². The normalized spacial score (nSPS) is 16.7. The van der Waals surface area contributed by atoms with Gasteiger partial charge in [0.2, 0.25) is 0 Å². The standard InChI is InChI=1S/C20H31NO2/c1-15-11-12-17(20(2,3)4)18(13-15)23-14-19(22)21-16-9-7-5-6-8-10-16/h11-13,16H,5-10,14H2,1-4H3,(H,21,22). The average Bonchev–Trinajstić information content (AvgIpc) is 2.72. The second-order valence-electron chi connectivity index (χ2n) is 7.79. The van der Waals surface area contributed by atoms with Crippen LogP contribution in [-0.2, 0) is 10.2 Å². The van der Waals surface area contributed by atoms with Crippen LogP contribution in [0.1, 0.15) is 70.4 Å². The number of carbonyl (C=O) groups is 1. The molecular weight excluding hydrogens is 286 g/mol. The van der Waals surface area contributed by atoms with Crippen molar-refractivity contribution in [2.24, 2.45) is 0 Å². The Bertz CT molecular complexity index is 523. The highest BCUT2D eigenvalue weighted by Crippen LogP contribution is 2.32. The third-order valence-corrected chi connectivity index (χ3v) is 4.52. The molecule has 128 valence electrons. The van der Waals surface area contributed by atoms with Crippen molar-refractivity contribution >= 4 is 5.91 Å². The van der Waals surface area contributed by atoms with Crippen molar-refractivity contribution in [1.29, 1.82) is 0 Å². The van der Waals surface area contributed by atoms with Gasteiger partial charge in [0.25, 0.3) is 5.91 Å². The summed E-state index contributed by atoms with van der Waals surface area (Å²) in [5.74, 6) is 0.826. The van der Waals surface area contributed by atoms with Gasteiger partial charge in [-0.15, -0.1) is 0 Å². The molecule has 1 aromatic rings. The first-order valence-corrected chi connectivity index (χ1v) is 8.89. The summed E-state index contributed by atoms with van der Waals surface area (Å²) >= 11 is 0. The van der Waals surface area contributed by atoms with Gasteiger partial charge in [0.05, 0.1) is 0 Å². The predicted octanol–water partition coefficient (Wildman–Crippen LogP) is 4.51. The zero-order valence-electron chi connectivity index (χ0n) is 15.1. The lowest BCUT2D eigenvalue weighted by Crippen LogP contribution is -2.37. The number of hydrogen-bond donors (Lipinski definition) is 1. The highest BCUT2D eigenvalue weighted by atomic mass is 16.5. The Hall–Kier alpha value is -1.51. The third-order valence-electron chi connectivity index (χ3n) is 4.52.